The highest BCUT2D eigenvalue weighted by Crippen LogP contribution is 2.36. The number of carbonyl (C=O) groups is 3. The highest BCUT2D eigenvalue weighted by atomic mass is 32.2. The largest absolute Gasteiger partial charge is 0.478 e. The van der Waals surface area contributed by atoms with Gasteiger partial charge in [0.2, 0.25) is 0 Å². The maximum Gasteiger partial charge on any atom is 0.335 e. The maximum absolute atomic E-state index is 12.7. The van der Waals surface area contributed by atoms with Gasteiger partial charge in [0.15, 0.2) is 0 Å². The van der Waals surface area contributed by atoms with E-state index in [2.05, 4.69) is 0 Å². The lowest BCUT2D eigenvalue weighted by Gasteiger charge is -2.11. The van der Waals surface area contributed by atoms with E-state index in [1.807, 2.05) is 6.07 Å². The van der Waals surface area contributed by atoms with Gasteiger partial charge in [-0.25, -0.2) is 9.69 Å². The van der Waals surface area contributed by atoms with Crippen LogP contribution >= 0.6 is 11.8 Å². The lowest BCUT2D eigenvalue weighted by Crippen LogP contribution is -2.27. The Morgan fingerprint density at radius 3 is 2.52 bits per heavy atom. The fourth-order valence-corrected chi connectivity index (χ4v) is 3.93. The maximum atomic E-state index is 12.7. The summed E-state index contributed by atoms with van der Waals surface area (Å²) >= 11 is 0.847. The average molecular weight is 405 g/mol. The van der Waals surface area contributed by atoms with Crippen LogP contribution in [0.2, 0.25) is 0 Å². The molecular weight excluding hydrogens is 390 g/mol. The predicted octanol–water partition coefficient (Wildman–Crippen LogP) is 5.19. The third-order valence-electron chi connectivity index (χ3n) is 4.54. The number of anilines is 1. The van der Waals surface area contributed by atoms with Crippen molar-refractivity contribution in [3.05, 3.63) is 82.5 Å². The number of benzene rings is 2. The molecule has 0 bridgehead atoms. The number of thioether (sulfide) groups is 1. The van der Waals surface area contributed by atoms with Crippen molar-refractivity contribution in [2.75, 3.05) is 4.90 Å². The molecule has 0 spiro atoms. The molecule has 1 N–H and O–H groups in total. The first kappa shape index (κ1) is 18.8. The summed E-state index contributed by atoms with van der Waals surface area (Å²) in [6.45, 7) is 1.71. The molecule has 0 saturated carbocycles. The molecule has 2 aromatic carbocycles. The van der Waals surface area contributed by atoms with Crippen molar-refractivity contribution in [3.8, 4) is 11.3 Å². The van der Waals surface area contributed by atoms with Crippen molar-refractivity contribution in [2.24, 2.45) is 0 Å². The van der Waals surface area contributed by atoms with Crippen molar-refractivity contribution >= 4 is 40.6 Å². The number of para-hydroxylation sites is 1. The minimum atomic E-state index is -1.01. The van der Waals surface area contributed by atoms with Crippen LogP contribution in [0.5, 0.6) is 0 Å². The Morgan fingerprint density at radius 1 is 1.03 bits per heavy atom. The number of imide groups is 1. The Bertz CT molecular complexity index is 1160. The summed E-state index contributed by atoms with van der Waals surface area (Å²) in [5, 5.41) is 8.92. The molecule has 29 heavy (non-hydrogen) atoms. The van der Waals surface area contributed by atoms with E-state index in [1.54, 1.807) is 55.5 Å². The average Bonchev–Trinajstić information content (AvgIpc) is 3.27. The van der Waals surface area contributed by atoms with E-state index in [0.29, 0.717) is 28.3 Å². The lowest BCUT2D eigenvalue weighted by atomic mass is 10.0. The first-order valence-corrected chi connectivity index (χ1v) is 9.53. The zero-order valence-electron chi connectivity index (χ0n) is 15.3. The van der Waals surface area contributed by atoms with E-state index < -0.39 is 11.9 Å². The van der Waals surface area contributed by atoms with E-state index in [0.717, 1.165) is 16.7 Å². The van der Waals surface area contributed by atoms with E-state index in [4.69, 9.17) is 4.42 Å². The third kappa shape index (κ3) is 3.48. The molecule has 1 fully saturated rings. The summed E-state index contributed by atoms with van der Waals surface area (Å²) in [5.41, 5.74) is 1.95. The number of furan rings is 1. The molecule has 1 aliphatic heterocycles. The number of carboxylic acid groups (broad SMARTS) is 1. The lowest BCUT2D eigenvalue weighted by molar-refractivity contribution is -0.113. The molecular formula is C22H15NO5S. The molecule has 6 nitrogen and oxygen atoms in total. The molecule has 2 heterocycles. The first-order valence-electron chi connectivity index (χ1n) is 8.72. The Balaban J connectivity index is 1.64. The predicted molar refractivity (Wildman–Crippen MR) is 111 cm³/mol. The van der Waals surface area contributed by atoms with Gasteiger partial charge in [-0.3, -0.25) is 9.59 Å². The normalized spacial score (nSPS) is 15.3. The van der Waals surface area contributed by atoms with E-state index in [9.17, 15) is 19.5 Å². The Labute approximate surface area is 170 Å². The Kier molecular flexibility index (Phi) is 4.82. The zero-order valence-corrected chi connectivity index (χ0v) is 16.1. The second-order valence-corrected chi connectivity index (χ2v) is 7.33. The molecule has 0 aliphatic carbocycles. The molecule has 3 aromatic rings. The highest BCUT2D eigenvalue weighted by molar-refractivity contribution is 8.19. The van der Waals surface area contributed by atoms with Gasteiger partial charge < -0.3 is 9.52 Å². The van der Waals surface area contributed by atoms with Crippen LogP contribution in [-0.4, -0.2) is 22.2 Å². The minimum Gasteiger partial charge on any atom is -0.478 e. The minimum absolute atomic E-state index is 0.199. The number of carboxylic acids is 1. The van der Waals surface area contributed by atoms with Crippen molar-refractivity contribution in [3.63, 3.8) is 0 Å². The van der Waals surface area contributed by atoms with Gasteiger partial charge in [0.1, 0.15) is 11.5 Å². The highest BCUT2D eigenvalue weighted by Gasteiger charge is 2.36. The van der Waals surface area contributed by atoms with Crippen LogP contribution in [-0.2, 0) is 4.79 Å². The van der Waals surface area contributed by atoms with Crippen LogP contribution in [0.15, 0.2) is 70.0 Å². The smallest absolute Gasteiger partial charge is 0.335 e. The topological polar surface area (TPSA) is 87.8 Å². The Morgan fingerprint density at radius 2 is 1.79 bits per heavy atom. The van der Waals surface area contributed by atoms with Crippen molar-refractivity contribution in [1.29, 1.82) is 0 Å². The number of aromatic carboxylic acids is 1. The fraction of sp³-hybridized carbons (Fsp3) is 0.0455. The summed E-state index contributed by atoms with van der Waals surface area (Å²) in [5.74, 6) is -0.531. The summed E-state index contributed by atoms with van der Waals surface area (Å²) < 4.78 is 5.81. The van der Waals surface area contributed by atoms with Gasteiger partial charge in [-0.05, 0) is 54.6 Å². The molecule has 2 amide bonds. The van der Waals surface area contributed by atoms with Gasteiger partial charge >= 0.3 is 5.97 Å². The van der Waals surface area contributed by atoms with E-state index in [-0.39, 0.29) is 15.7 Å². The van der Waals surface area contributed by atoms with Gasteiger partial charge in [-0.1, -0.05) is 30.3 Å². The van der Waals surface area contributed by atoms with Crippen LogP contribution in [0.25, 0.3) is 17.4 Å². The van der Waals surface area contributed by atoms with E-state index in [1.165, 1.54) is 12.1 Å². The third-order valence-corrected chi connectivity index (χ3v) is 5.41. The number of hydrogen-bond acceptors (Lipinski definition) is 5. The number of amides is 2. The molecule has 7 heteroatoms. The molecule has 1 saturated heterocycles. The van der Waals surface area contributed by atoms with Crippen LogP contribution < -0.4 is 4.90 Å². The standard InChI is InChI=1S/C22H15NO5S/c1-13-16(8-5-9-17(13)21(25)26)18-11-10-15(28-18)12-19-20(24)23(22(27)29-19)14-6-3-2-4-7-14/h2-12H,1H3,(H,25,26)/b19-12-. The second kappa shape index (κ2) is 7.44. The quantitative estimate of drug-likeness (QED) is 0.601. The molecule has 1 aromatic heterocycles. The molecule has 144 valence electrons. The molecule has 1 aliphatic rings. The second-order valence-electron chi connectivity index (χ2n) is 6.34. The Hall–Kier alpha value is -3.58. The van der Waals surface area contributed by atoms with Crippen LogP contribution in [0.4, 0.5) is 10.5 Å². The summed E-state index contributed by atoms with van der Waals surface area (Å²) in [6.07, 6.45) is 1.52. The van der Waals surface area contributed by atoms with Crippen molar-refractivity contribution in [1.82, 2.24) is 0 Å². The molecule has 0 atom stereocenters. The summed E-state index contributed by atoms with van der Waals surface area (Å²) in [7, 11) is 0. The molecule has 0 unspecified atom stereocenters. The number of nitrogens with zero attached hydrogens (tertiary/aromatic N) is 1. The van der Waals surface area contributed by atoms with Gasteiger partial charge in [0.05, 0.1) is 16.2 Å². The van der Waals surface area contributed by atoms with Gasteiger partial charge in [-0.15, -0.1) is 0 Å². The molecule has 4 rings (SSSR count). The van der Waals surface area contributed by atoms with Crippen molar-refractivity contribution in [2.45, 2.75) is 6.92 Å². The molecule has 0 radical (unpaired) electrons. The summed E-state index contributed by atoms with van der Waals surface area (Å²) in [4.78, 5) is 37.7. The zero-order chi connectivity index (χ0) is 20.5. The van der Waals surface area contributed by atoms with Gasteiger partial charge in [-0.2, -0.15) is 0 Å². The number of carbonyl (C=O) groups excluding carboxylic acids is 2. The monoisotopic (exact) mass is 405 g/mol. The van der Waals surface area contributed by atoms with Crippen LogP contribution in [0, 0.1) is 6.92 Å². The van der Waals surface area contributed by atoms with Crippen LogP contribution in [0.1, 0.15) is 21.7 Å². The van der Waals surface area contributed by atoms with E-state index >= 15 is 0 Å². The SMILES string of the molecule is Cc1c(C(=O)O)cccc1-c1ccc(/C=C2\SC(=O)N(c3ccccc3)C2=O)o1. The van der Waals surface area contributed by atoms with Gasteiger partial charge in [0.25, 0.3) is 11.1 Å². The number of rotatable bonds is 4. The van der Waals surface area contributed by atoms with Crippen LogP contribution in [0.3, 0.4) is 0 Å². The van der Waals surface area contributed by atoms with Crippen molar-refractivity contribution < 1.29 is 23.9 Å². The fourth-order valence-electron chi connectivity index (χ4n) is 3.11. The van der Waals surface area contributed by atoms with Gasteiger partial charge in [0, 0.05) is 11.6 Å². The first-order chi connectivity index (χ1) is 14.0. The number of hydrogen-bond donors (Lipinski definition) is 1. The summed E-state index contributed by atoms with van der Waals surface area (Å²) in [6, 6.07) is 17.1.